The monoisotopic (exact) mass is 435 g/mol. The molecule has 0 saturated carbocycles. The van der Waals surface area contributed by atoms with Gasteiger partial charge in [0, 0.05) is 30.0 Å². The molecule has 0 saturated heterocycles. The van der Waals surface area contributed by atoms with E-state index < -0.39 is 0 Å². The number of aromatic amines is 1. The summed E-state index contributed by atoms with van der Waals surface area (Å²) in [4.78, 5) is 18.8. The lowest BCUT2D eigenvalue weighted by Crippen LogP contribution is -2.28. The summed E-state index contributed by atoms with van der Waals surface area (Å²) >= 11 is 0. The first-order chi connectivity index (χ1) is 16.1. The summed E-state index contributed by atoms with van der Waals surface area (Å²) in [5.74, 6) is 0.666. The number of aryl methyl sites for hydroxylation is 1. The first-order valence-corrected chi connectivity index (χ1v) is 10.6. The van der Waals surface area contributed by atoms with Crippen LogP contribution in [-0.2, 0) is 6.54 Å². The summed E-state index contributed by atoms with van der Waals surface area (Å²) in [5, 5.41) is 14.2. The van der Waals surface area contributed by atoms with Crippen LogP contribution in [0.25, 0.3) is 28.3 Å². The van der Waals surface area contributed by atoms with Gasteiger partial charge in [0.15, 0.2) is 13.6 Å². The summed E-state index contributed by atoms with van der Waals surface area (Å²) in [6.45, 7) is 2.16. The smallest absolute Gasteiger partial charge is 0.183 e. The second kappa shape index (κ2) is 8.97. The molecule has 2 N–H and O–H groups in total. The highest BCUT2D eigenvalue weighted by molar-refractivity contribution is 6.04. The molecule has 4 heterocycles. The summed E-state index contributed by atoms with van der Waals surface area (Å²) in [7, 11) is 6.39. The van der Waals surface area contributed by atoms with Gasteiger partial charge in [-0.15, -0.1) is 0 Å². The van der Waals surface area contributed by atoms with Crippen molar-refractivity contribution in [2.75, 3.05) is 6.61 Å². The van der Waals surface area contributed by atoms with Crippen LogP contribution in [0.15, 0.2) is 73.2 Å². The van der Waals surface area contributed by atoms with Crippen LogP contribution >= 0.6 is 0 Å². The Kier molecular flexibility index (Phi) is 5.72. The lowest BCUT2D eigenvalue weighted by atomic mass is 10.0. The van der Waals surface area contributed by atoms with Crippen LogP contribution in [0.5, 0.6) is 0 Å². The Morgan fingerprint density at radius 2 is 1.91 bits per heavy atom. The van der Waals surface area contributed by atoms with Gasteiger partial charge in [-0.2, -0.15) is 5.10 Å². The molecule has 0 aliphatic heterocycles. The van der Waals surface area contributed by atoms with E-state index in [1.165, 1.54) is 6.33 Å². The molecule has 0 amide bonds. The summed E-state index contributed by atoms with van der Waals surface area (Å²) in [6.07, 6.45) is 3.41. The van der Waals surface area contributed by atoms with Gasteiger partial charge in [-0.3, -0.25) is 4.98 Å². The highest BCUT2D eigenvalue weighted by Gasteiger charge is 2.20. The molecular formula is C24H22BN7O. The van der Waals surface area contributed by atoms with E-state index in [1.807, 2.05) is 73.8 Å². The van der Waals surface area contributed by atoms with Crippen molar-refractivity contribution in [3.63, 3.8) is 0 Å². The van der Waals surface area contributed by atoms with Crippen molar-refractivity contribution in [3.05, 3.63) is 90.3 Å². The van der Waals surface area contributed by atoms with Gasteiger partial charge < -0.3 is 14.9 Å². The van der Waals surface area contributed by atoms with Gasteiger partial charge in [-0.05, 0) is 36.8 Å². The Balaban J connectivity index is 1.54. The van der Waals surface area contributed by atoms with Gasteiger partial charge in [0.1, 0.15) is 12.2 Å². The zero-order valence-corrected chi connectivity index (χ0v) is 18.1. The predicted octanol–water partition coefficient (Wildman–Crippen LogP) is 3.11. The molecule has 0 bridgehead atoms. The SMILES string of the molecule is [B]N(Cc1nc(-c2ccc3ncnn3c2)c(-c2cccc(C)n2)[nH]1)[C@H](CO)c1ccccc1. The lowest BCUT2D eigenvalue weighted by molar-refractivity contribution is 0.186. The number of aliphatic hydroxyl groups excluding tert-OH is 1. The van der Waals surface area contributed by atoms with Crippen molar-refractivity contribution in [1.29, 1.82) is 0 Å². The predicted molar refractivity (Wildman–Crippen MR) is 126 cm³/mol. The Hall–Kier alpha value is -3.82. The van der Waals surface area contributed by atoms with E-state index in [2.05, 4.69) is 20.1 Å². The third-order valence-corrected chi connectivity index (χ3v) is 5.53. The van der Waals surface area contributed by atoms with Gasteiger partial charge >= 0.3 is 0 Å². The van der Waals surface area contributed by atoms with E-state index >= 15 is 0 Å². The Morgan fingerprint density at radius 1 is 1.06 bits per heavy atom. The zero-order valence-electron chi connectivity index (χ0n) is 18.1. The minimum Gasteiger partial charge on any atom is -0.394 e. The maximum absolute atomic E-state index is 9.98. The molecule has 5 rings (SSSR count). The quantitative estimate of drug-likeness (QED) is 0.382. The minimum atomic E-state index is -0.355. The molecule has 162 valence electrons. The molecule has 0 aliphatic rings. The number of benzene rings is 1. The van der Waals surface area contributed by atoms with E-state index in [-0.39, 0.29) is 12.6 Å². The van der Waals surface area contributed by atoms with Gasteiger partial charge in [0.25, 0.3) is 0 Å². The second-order valence-electron chi connectivity index (χ2n) is 7.83. The van der Waals surface area contributed by atoms with Crippen molar-refractivity contribution in [1.82, 2.24) is 34.4 Å². The summed E-state index contributed by atoms with van der Waals surface area (Å²) in [5.41, 5.74) is 5.80. The maximum Gasteiger partial charge on any atom is 0.183 e. The molecule has 0 aliphatic carbocycles. The summed E-state index contributed by atoms with van der Waals surface area (Å²) < 4.78 is 1.71. The van der Waals surface area contributed by atoms with Gasteiger partial charge in [-0.25, -0.2) is 14.5 Å². The molecule has 8 nitrogen and oxygen atoms in total. The van der Waals surface area contributed by atoms with E-state index in [4.69, 9.17) is 13.0 Å². The van der Waals surface area contributed by atoms with Crippen molar-refractivity contribution >= 4 is 13.6 Å². The number of aromatic nitrogens is 6. The fourth-order valence-electron chi connectivity index (χ4n) is 3.89. The van der Waals surface area contributed by atoms with Crippen LogP contribution in [0.4, 0.5) is 0 Å². The second-order valence-corrected chi connectivity index (χ2v) is 7.83. The number of nitrogens with one attached hydrogen (secondary N) is 1. The molecule has 0 spiro atoms. The van der Waals surface area contributed by atoms with E-state index in [0.29, 0.717) is 12.4 Å². The third-order valence-electron chi connectivity index (χ3n) is 5.53. The number of imidazole rings is 1. The average Bonchev–Trinajstić information content (AvgIpc) is 3.47. The van der Waals surface area contributed by atoms with Gasteiger partial charge in [-0.1, -0.05) is 36.4 Å². The van der Waals surface area contributed by atoms with Gasteiger partial charge in [0.2, 0.25) is 0 Å². The number of rotatable bonds is 7. The number of H-pyrrole nitrogens is 1. The van der Waals surface area contributed by atoms with Gasteiger partial charge in [0.05, 0.1) is 23.7 Å². The van der Waals surface area contributed by atoms with Crippen LogP contribution in [0.3, 0.4) is 0 Å². The van der Waals surface area contributed by atoms with E-state index in [1.54, 1.807) is 9.33 Å². The zero-order chi connectivity index (χ0) is 22.8. The number of nitrogens with zero attached hydrogens (tertiary/aromatic N) is 6. The van der Waals surface area contributed by atoms with Crippen molar-refractivity contribution in [3.8, 4) is 22.6 Å². The normalized spacial score (nSPS) is 12.5. The molecule has 33 heavy (non-hydrogen) atoms. The standard InChI is InChI=1S/C24H22BN7O/c1-16-6-5-9-19(28-16)24-23(18-10-11-22-26-15-27-32(22)12-18)29-21(30-24)13-31(25)20(14-33)17-7-3-2-4-8-17/h2-12,15,20,33H,13-14H2,1H3,(H,29,30)/t20-/m1/s1. The highest BCUT2D eigenvalue weighted by atomic mass is 16.3. The van der Waals surface area contributed by atoms with Crippen LogP contribution in [0.1, 0.15) is 23.1 Å². The van der Waals surface area contributed by atoms with Crippen LogP contribution in [0, 0.1) is 6.92 Å². The lowest BCUT2D eigenvalue weighted by Gasteiger charge is -2.26. The minimum absolute atomic E-state index is 0.108. The van der Waals surface area contributed by atoms with E-state index in [9.17, 15) is 5.11 Å². The fraction of sp³-hybridized carbons (Fsp3) is 0.167. The maximum atomic E-state index is 9.98. The average molecular weight is 435 g/mol. The topological polar surface area (TPSA) is 95.2 Å². The van der Waals surface area contributed by atoms with Crippen molar-refractivity contribution in [2.45, 2.75) is 19.5 Å². The van der Waals surface area contributed by atoms with Crippen LogP contribution in [-0.4, -0.2) is 54.1 Å². The van der Waals surface area contributed by atoms with Crippen LogP contribution < -0.4 is 0 Å². The number of aliphatic hydroxyl groups is 1. The Morgan fingerprint density at radius 3 is 2.70 bits per heavy atom. The largest absolute Gasteiger partial charge is 0.394 e. The number of hydrogen-bond donors (Lipinski definition) is 2. The first kappa shape index (κ1) is 21.1. The van der Waals surface area contributed by atoms with E-state index in [0.717, 1.165) is 39.5 Å². The highest BCUT2D eigenvalue weighted by Crippen LogP contribution is 2.30. The molecule has 4 aromatic heterocycles. The first-order valence-electron chi connectivity index (χ1n) is 10.6. The molecule has 0 unspecified atom stereocenters. The Bertz CT molecular complexity index is 1380. The molecule has 1 aromatic carbocycles. The number of fused-ring (bicyclic) bond motifs is 1. The summed E-state index contributed by atoms with van der Waals surface area (Å²) in [6, 6.07) is 19.1. The third kappa shape index (κ3) is 4.28. The molecule has 9 heteroatoms. The molecule has 2 radical (unpaired) electrons. The Labute approximate surface area is 192 Å². The van der Waals surface area contributed by atoms with Crippen molar-refractivity contribution in [2.24, 2.45) is 0 Å². The fourth-order valence-corrected chi connectivity index (χ4v) is 3.89. The molecule has 5 aromatic rings. The molecule has 0 fully saturated rings. The van der Waals surface area contributed by atoms with Crippen molar-refractivity contribution < 1.29 is 5.11 Å². The molecular weight excluding hydrogens is 413 g/mol. The number of pyridine rings is 2. The van der Waals surface area contributed by atoms with Crippen LogP contribution in [0.2, 0.25) is 0 Å². The number of hydrogen-bond acceptors (Lipinski definition) is 6. The molecule has 1 atom stereocenters.